The maximum atomic E-state index is 10.8. The highest BCUT2D eigenvalue weighted by atomic mass is 79.9. The minimum atomic E-state index is -3.00. The molecule has 0 aliphatic carbocycles. The highest BCUT2D eigenvalue weighted by molar-refractivity contribution is 9.11. The molecular weight excluding hydrogens is 464 g/mol. The van der Waals surface area contributed by atoms with Gasteiger partial charge in [-0.05, 0) is 49.8 Å². The lowest BCUT2D eigenvalue weighted by Gasteiger charge is -1.94. The summed E-state index contributed by atoms with van der Waals surface area (Å²) in [5.74, 6) is 0. The molecule has 1 aromatic carbocycles. The van der Waals surface area contributed by atoms with Gasteiger partial charge in [0.15, 0.2) is 9.84 Å². The molecule has 30 heavy (non-hydrogen) atoms. The van der Waals surface area contributed by atoms with E-state index >= 15 is 0 Å². The number of sulfone groups is 1. The molecule has 0 saturated heterocycles. The van der Waals surface area contributed by atoms with E-state index in [4.69, 9.17) is 0 Å². The van der Waals surface area contributed by atoms with Gasteiger partial charge in [-0.15, -0.1) is 0 Å². The number of likely N-dealkylation sites (N-methyl/N-ethyl adjacent to an activating group) is 1. The second-order valence-electron chi connectivity index (χ2n) is 5.55. The first-order valence-corrected chi connectivity index (χ1v) is 12.2. The molecule has 0 amide bonds. The Morgan fingerprint density at radius 2 is 1.80 bits per heavy atom. The molecule has 1 aliphatic heterocycles. The second kappa shape index (κ2) is 18.8. The number of aliphatic imine (C=N–C) groups is 1. The van der Waals surface area contributed by atoms with E-state index in [9.17, 15) is 13.2 Å². The van der Waals surface area contributed by atoms with E-state index in [1.165, 1.54) is 6.26 Å². The maximum absolute atomic E-state index is 10.8. The summed E-state index contributed by atoms with van der Waals surface area (Å²) in [5.41, 5.74) is 1.83. The molecule has 0 saturated carbocycles. The largest absolute Gasteiger partial charge is 0.388 e. The van der Waals surface area contributed by atoms with Crippen LogP contribution >= 0.6 is 15.9 Å². The van der Waals surface area contributed by atoms with Gasteiger partial charge < -0.3 is 5.32 Å². The lowest BCUT2D eigenvalue weighted by molar-refractivity contribution is -0.104. The molecule has 0 unspecified atom stereocenters. The van der Waals surface area contributed by atoms with E-state index in [0.717, 1.165) is 28.6 Å². The van der Waals surface area contributed by atoms with Crippen molar-refractivity contribution in [2.45, 2.75) is 32.6 Å². The summed E-state index contributed by atoms with van der Waals surface area (Å²) >= 11 is 3.24. The van der Waals surface area contributed by atoms with Crippen molar-refractivity contribution in [1.29, 1.82) is 0 Å². The van der Waals surface area contributed by atoms with Crippen LogP contribution in [0.1, 0.15) is 27.7 Å². The number of halogens is 1. The molecule has 0 aromatic heterocycles. The van der Waals surface area contributed by atoms with Gasteiger partial charge in [0.25, 0.3) is 0 Å². The van der Waals surface area contributed by atoms with Crippen LogP contribution in [0, 0.1) is 0 Å². The molecule has 0 bridgehead atoms. The van der Waals surface area contributed by atoms with Gasteiger partial charge in [-0.3, -0.25) is 9.79 Å². The molecule has 0 radical (unpaired) electrons. The van der Waals surface area contributed by atoms with Crippen LogP contribution in [-0.4, -0.2) is 40.8 Å². The number of carbonyl (C=O) groups is 1. The van der Waals surface area contributed by atoms with Gasteiger partial charge in [-0.2, -0.15) is 0 Å². The van der Waals surface area contributed by atoms with E-state index in [-0.39, 0.29) is 0 Å². The number of aldehydes is 1. The van der Waals surface area contributed by atoms with E-state index < -0.39 is 9.84 Å². The van der Waals surface area contributed by atoms with Crippen molar-refractivity contribution < 1.29 is 13.2 Å². The van der Waals surface area contributed by atoms with Crippen LogP contribution in [0.2, 0.25) is 0 Å². The molecule has 1 aliphatic rings. The van der Waals surface area contributed by atoms with Gasteiger partial charge in [-0.1, -0.05) is 60.1 Å². The molecular formula is C23H33BrN2O3S. The predicted molar refractivity (Wildman–Crippen MR) is 133 cm³/mol. The average Bonchev–Trinajstić information content (AvgIpc) is 3.05. The van der Waals surface area contributed by atoms with Crippen LogP contribution in [0.25, 0.3) is 0 Å². The molecule has 0 spiro atoms. The Labute approximate surface area is 190 Å². The zero-order chi connectivity index (χ0) is 23.4. The van der Waals surface area contributed by atoms with Crippen LogP contribution in [0.15, 0.2) is 86.4 Å². The van der Waals surface area contributed by atoms with Gasteiger partial charge in [0, 0.05) is 29.7 Å². The monoisotopic (exact) mass is 496 g/mol. The summed E-state index contributed by atoms with van der Waals surface area (Å²) in [6.07, 6.45) is 13.5. The quantitative estimate of drug-likeness (QED) is 0.349. The molecule has 1 heterocycles. The standard InChI is InChI=1S/C7H9BrO.C7H10N2.C7H8O2S.C2H6/c1-3-7(8)4-6(2)5-9;1-8-7-3-2-5-9-6-4-7;1-10(8,9)7-5-3-2-4-6-7;1-2/h3-5H,1-2H3;2-4,6,8H,5H2,1H3;2-6H,1H3;1-2H3/b6-4+,7-3+;;;. The zero-order valence-electron chi connectivity index (χ0n) is 18.6. The van der Waals surface area contributed by atoms with E-state index in [0.29, 0.717) is 4.90 Å². The number of nitrogens with one attached hydrogen (secondary N) is 1. The van der Waals surface area contributed by atoms with Crippen molar-refractivity contribution in [2.24, 2.45) is 4.99 Å². The SMILES string of the molecule is C/C=C(Br)\C=C(/C)C=O.CC.CNC1=CC=NCC=C1.CS(=O)(=O)c1ccccc1. The fourth-order valence-electron chi connectivity index (χ4n) is 1.66. The van der Waals surface area contributed by atoms with E-state index in [1.807, 2.05) is 58.3 Å². The first kappa shape index (κ1) is 29.9. The number of hydrogen-bond donors (Lipinski definition) is 1. The zero-order valence-corrected chi connectivity index (χ0v) is 21.0. The van der Waals surface area contributed by atoms with Crippen molar-refractivity contribution in [3.05, 3.63) is 76.5 Å². The number of benzene rings is 1. The lowest BCUT2D eigenvalue weighted by Crippen LogP contribution is -2.02. The highest BCUT2D eigenvalue weighted by Gasteiger charge is 2.02. The summed E-state index contributed by atoms with van der Waals surface area (Å²) < 4.78 is 22.6. The Hall–Kier alpha value is -2.25. The summed E-state index contributed by atoms with van der Waals surface area (Å²) in [6, 6.07) is 8.35. The smallest absolute Gasteiger partial charge is 0.175 e. The van der Waals surface area contributed by atoms with Crippen molar-refractivity contribution >= 4 is 38.3 Å². The summed E-state index contributed by atoms with van der Waals surface area (Å²) in [6.45, 7) is 8.46. The summed E-state index contributed by atoms with van der Waals surface area (Å²) in [7, 11) is -1.10. The first-order valence-electron chi connectivity index (χ1n) is 9.49. The minimum absolute atomic E-state index is 0.370. The molecule has 7 heteroatoms. The van der Waals surface area contributed by atoms with Crippen LogP contribution in [0.4, 0.5) is 0 Å². The van der Waals surface area contributed by atoms with Gasteiger partial charge >= 0.3 is 0 Å². The van der Waals surface area contributed by atoms with Crippen molar-refractivity contribution in [1.82, 2.24) is 5.32 Å². The Morgan fingerprint density at radius 3 is 2.23 bits per heavy atom. The molecule has 5 nitrogen and oxygen atoms in total. The molecule has 166 valence electrons. The number of hydrogen-bond acceptors (Lipinski definition) is 5. The van der Waals surface area contributed by atoms with Crippen molar-refractivity contribution in [2.75, 3.05) is 19.8 Å². The Balaban J connectivity index is 0. The minimum Gasteiger partial charge on any atom is -0.388 e. The highest BCUT2D eigenvalue weighted by Crippen LogP contribution is 2.07. The Kier molecular flexibility index (Phi) is 18.7. The van der Waals surface area contributed by atoms with Gasteiger partial charge in [-0.25, -0.2) is 8.42 Å². The lowest BCUT2D eigenvalue weighted by atomic mass is 10.3. The molecule has 2 rings (SSSR count). The number of carbonyl (C=O) groups excluding carboxylic acids is 1. The fourth-order valence-corrected chi connectivity index (χ4v) is 2.67. The second-order valence-corrected chi connectivity index (χ2v) is 8.48. The predicted octanol–water partition coefficient (Wildman–Crippen LogP) is 5.28. The molecule has 1 aromatic rings. The third-order valence-corrected chi connectivity index (χ3v) is 4.97. The maximum Gasteiger partial charge on any atom is 0.175 e. The molecule has 0 atom stereocenters. The fraction of sp³-hybridized carbons (Fsp3) is 0.304. The van der Waals surface area contributed by atoms with Gasteiger partial charge in [0.1, 0.15) is 6.29 Å². The normalized spacial score (nSPS) is 13.1. The average molecular weight is 497 g/mol. The van der Waals surface area contributed by atoms with Gasteiger partial charge in [0.2, 0.25) is 0 Å². The molecule has 1 N–H and O–H groups in total. The Morgan fingerprint density at radius 1 is 1.20 bits per heavy atom. The van der Waals surface area contributed by atoms with E-state index in [1.54, 1.807) is 43.3 Å². The van der Waals surface area contributed by atoms with E-state index in [2.05, 4.69) is 26.2 Å². The van der Waals surface area contributed by atoms with Crippen LogP contribution < -0.4 is 5.32 Å². The van der Waals surface area contributed by atoms with Gasteiger partial charge in [0.05, 0.1) is 11.4 Å². The topological polar surface area (TPSA) is 75.6 Å². The van der Waals surface area contributed by atoms with Crippen molar-refractivity contribution in [3.8, 4) is 0 Å². The summed E-state index contributed by atoms with van der Waals surface area (Å²) in [5, 5.41) is 3.03. The number of nitrogens with zero attached hydrogens (tertiary/aromatic N) is 1. The third kappa shape index (κ3) is 16.7. The summed E-state index contributed by atoms with van der Waals surface area (Å²) in [4.78, 5) is 14.5. The third-order valence-electron chi connectivity index (χ3n) is 3.15. The number of allylic oxidation sites excluding steroid dienone is 6. The van der Waals surface area contributed by atoms with Crippen LogP contribution in [-0.2, 0) is 14.6 Å². The first-order chi connectivity index (χ1) is 14.2. The molecule has 0 fully saturated rings. The Bertz CT molecular complexity index is 854. The van der Waals surface area contributed by atoms with Crippen LogP contribution in [0.3, 0.4) is 0 Å². The van der Waals surface area contributed by atoms with Crippen LogP contribution in [0.5, 0.6) is 0 Å². The number of rotatable bonds is 4. The van der Waals surface area contributed by atoms with Crippen molar-refractivity contribution in [3.63, 3.8) is 0 Å².